The number of aromatic nitrogens is 1. The average Bonchev–Trinajstić information content (AvgIpc) is 2.71. The van der Waals surface area contributed by atoms with Crippen LogP contribution in [0, 0.1) is 5.41 Å². The average molecular weight is 259 g/mol. The Kier molecular flexibility index (Phi) is 3.86. The lowest BCUT2D eigenvalue weighted by atomic mass is 9.90. The summed E-state index contributed by atoms with van der Waals surface area (Å²) >= 11 is 1.84. The summed E-state index contributed by atoms with van der Waals surface area (Å²) in [7, 11) is 0. The zero-order valence-corrected chi connectivity index (χ0v) is 12.5. The molecule has 0 radical (unpaired) electrons. The second-order valence-electron chi connectivity index (χ2n) is 5.85. The Morgan fingerprint density at radius 3 is 2.33 bits per heavy atom. The van der Waals surface area contributed by atoms with Crippen molar-refractivity contribution in [2.75, 3.05) is 0 Å². The Labute approximate surface area is 114 Å². The molecule has 0 N–H and O–H groups in total. The zero-order valence-electron chi connectivity index (χ0n) is 11.7. The van der Waals surface area contributed by atoms with Crippen molar-refractivity contribution in [2.45, 2.75) is 40.5 Å². The lowest BCUT2D eigenvalue weighted by Gasteiger charge is -2.16. The van der Waals surface area contributed by atoms with Crippen LogP contribution in [0.1, 0.15) is 38.3 Å². The highest BCUT2D eigenvalue weighted by molar-refractivity contribution is 7.15. The summed E-state index contributed by atoms with van der Waals surface area (Å²) in [6.07, 6.45) is 2.13. The van der Waals surface area contributed by atoms with Crippen LogP contribution in [-0.2, 0) is 12.8 Å². The van der Waals surface area contributed by atoms with Gasteiger partial charge in [0.15, 0.2) is 0 Å². The molecular formula is C16H21NS. The molecule has 0 spiro atoms. The molecule has 2 heteroatoms. The van der Waals surface area contributed by atoms with Gasteiger partial charge >= 0.3 is 0 Å². The Balaban J connectivity index is 2.35. The molecule has 1 aromatic heterocycles. The third-order valence-corrected chi connectivity index (χ3v) is 4.11. The maximum Gasteiger partial charge on any atom is 0.123 e. The minimum Gasteiger partial charge on any atom is -0.241 e. The molecule has 0 saturated heterocycles. The van der Waals surface area contributed by atoms with Gasteiger partial charge in [-0.3, -0.25) is 0 Å². The summed E-state index contributed by atoms with van der Waals surface area (Å²) in [5, 5.41) is 1.16. The largest absolute Gasteiger partial charge is 0.241 e. The Bertz CT molecular complexity index is 506. The van der Waals surface area contributed by atoms with E-state index in [0.717, 1.165) is 17.8 Å². The Hall–Kier alpha value is -1.15. The van der Waals surface area contributed by atoms with Crippen LogP contribution in [0.4, 0.5) is 0 Å². The van der Waals surface area contributed by atoms with Crippen LogP contribution in [0.15, 0.2) is 30.3 Å². The summed E-state index contributed by atoms with van der Waals surface area (Å²) in [6.45, 7) is 9.03. The van der Waals surface area contributed by atoms with Crippen LogP contribution in [-0.4, -0.2) is 4.98 Å². The van der Waals surface area contributed by atoms with E-state index in [9.17, 15) is 0 Å². The molecule has 0 unspecified atom stereocenters. The molecule has 0 aliphatic rings. The molecule has 0 atom stereocenters. The molecule has 18 heavy (non-hydrogen) atoms. The van der Waals surface area contributed by atoms with E-state index < -0.39 is 0 Å². The summed E-state index contributed by atoms with van der Waals surface area (Å²) in [6, 6.07) is 10.5. The van der Waals surface area contributed by atoms with Gasteiger partial charge < -0.3 is 0 Å². The maximum absolute atomic E-state index is 4.86. The summed E-state index contributed by atoms with van der Waals surface area (Å²) in [5.41, 5.74) is 2.82. The molecule has 1 heterocycles. The summed E-state index contributed by atoms with van der Waals surface area (Å²) < 4.78 is 0. The third-order valence-electron chi connectivity index (χ3n) is 2.82. The van der Waals surface area contributed by atoms with Crippen LogP contribution in [0.5, 0.6) is 0 Å². The molecule has 2 aromatic rings. The van der Waals surface area contributed by atoms with Crippen LogP contribution in [0.3, 0.4) is 0 Å². The molecule has 2 rings (SSSR count). The van der Waals surface area contributed by atoms with Gasteiger partial charge in [0.25, 0.3) is 0 Å². The number of thiazole rings is 1. The number of benzene rings is 1. The van der Waals surface area contributed by atoms with Crippen LogP contribution in [0.25, 0.3) is 10.6 Å². The van der Waals surface area contributed by atoms with Crippen molar-refractivity contribution in [2.24, 2.45) is 5.41 Å². The van der Waals surface area contributed by atoms with Crippen molar-refractivity contribution in [1.82, 2.24) is 4.98 Å². The predicted octanol–water partition coefficient (Wildman–Crippen LogP) is 4.96. The second-order valence-corrected chi connectivity index (χ2v) is 6.93. The van der Waals surface area contributed by atoms with Crippen molar-refractivity contribution in [3.8, 4) is 10.6 Å². The molecule has 0 bridgehead atoms. The first-order valence-electron chi connectivity index (χ1n) is 6.53. The highest BCUT2D eigenvalue weighted by atomic mass is 32.1. The Morgan fingerprint density at radius 1 is 1.11 bits per heavy atom. The number of aryl methyl sites for hydroxylation is 1. The maximum atomic E-state index is 4.86. The quantitative estimate of drug-likeness (QED) is 0.759. The fourth-order valence-electron chi connectivity index (χ4n) is 2.00. The monoisotopic (exact) mass is 259 g/mol. The first-order chi connectivity index (χ1) is 8.49. The molecule has 1 nitrogen and oxygen atoms in total. The molecule has 0 amide bonds. The number of hydrogen-bond donors (Lipinski definition) is 0. The van der Waals surface area contributed by atoms with Crippen LogP contribution >= 0.6 is 11.3 Å². The molecule has 0 saturated carbocycles. The van der Waals surface area contributed by atoms with Gasteiger partial charge in [-0.05, 0) is 18.3 Å². The van der Waals surface area contributed by atoms with Gasteiger partial charge in [-0.25, -0.2) is 4.98 Å². The lowest BCUT2D eigenvalue weighted by molar-refractivity contribution is 0.406. The van der Waals surface area contributed by atoms with E-state index in [0.29, 0.717) is 5.41 Å². The Morgan fingerprint density at radius 2 is 1.78 bits per heavy atom. The second kappa shape index (κ2) is 5.23. The minimum absolute atomic E-state index is 0.298. The van der Waals surface area contributed by atoms with Crippen molar-refractivity contribution >= 4 is 11.3 Å². The van der Waals surface area contributed by atoms with E-state index in [1.165, 1.54) is 16.1 Å². The van der Waals surface area contributed by atoms with Gasteiger partial charge in [0.2, 0.25) is 0 Å². The molecule has 0 fully saturated rings. The van der Waals surface area contributed by atoms with E-state index in [4.69, 9.17) is 4.98 Å². The minimum atomic E-state index is 0.298. The van der Waals surface area contributed by atoms with E-state index in [-0.39, 0.29) is 0 Å². The van der Waals surface area contributed by atoms with Gasteiger partial charge in [-0.1, -0.05) is 58.0 Å². The first kappa shape index (κ1) is 13.3. The number of nitrogens with zero attached hydrogens (tertiary/aromatic N) is 1. The van der Waals surface area contributed by atoms with E-state index >= 15 is 0 Å². The van der Waals surface area contributed by atoms with E-state index in [1.54, 1.807) is 0 Å². The standard InChI is InChI=1S/C16H21NS/c1-5-14-13(11-16(2,3)4)17-15(18-14)12-9-7-6-8-10-12/h6-10H,5,11H2,1-4H3. The normalized spacial score (nSPS) is 11.8. The van der Waals surface area contributed by atoms with Crippen molar-refractivity contribution in [1.29, 1.82) is 0 Å². The number of hydrogen-bond acceptors (Lipinski definition) is 2. The topological polar surface area (TPSA) is 12.9 Å². The van der Waals surface area contributed by atoms with Crippen molar-refractivity contribution < 1.29 is 0 Å². The zero-order chi connectivity index (χ0) is 13.2. The molecule has 0 aliphatic heterocycles. The molecular weight excluding hydrogens is 238 g/mol. The smallest absolute Gasteiger partial charge is 0.123 e. The predicted molar refractivity (Wildman–Crippen MR) is 80.1 cm³/mol. The van der Waals surface area contributed by atoms with Crippen LogP contribution < -0.4 is 0 Å². The number of rotatable bonds is 3. The van der Waals surface area contributed by atoms with Gasteiger partial charge in [0.1, 0.15) is 5.01 Å². The van der Waals surface area contributed by atoms with E-state index in [2.05, 4.69) is 52.0 Å². The highest BCUT2D eigenvalue weighted by Crippen LogP contribution is 2.31. The van der Waals surface area contributed by atoms with Gasteiger partial charge in [-0.2, -0.15) is 0 Å². The van der Waals surface area contributed by atoms with E-state index in [1.807, 2.05) is 17.4 Å². The van der Waals surface area contributed by atoms with Gasteiger partial charge in [0, 0.05) is 10.4 Å². The molecule has 96 valence electrons. The molecule has 0 aliphatic carbocycles. The highest BCUT2D eigenvalue weighted by Gasteiger charge is 2.18. The lowest BCUT2D eigenvalue weighted by Crippen LogP contribution is -2.10. The fraction of sp³-hybridized carbons (Fsp3) is 0.438. The fourth-order valence-corrected chi connectivity index (χ4v) is 3.03. The van der Waals surface area contributed by atoms with Crippen molar-refractivity contribution in [3.05, 3.63) is 40.9 Å². The first-order valence-corrected chi connectivity index (χ1v) is 7.35. The van der Waals surface area contributed by atoms with Gasteiger partial charge in [-0.15, -0.1) is 11.3 Å². The molecule has 1 aromatic carbocycles. The SMILES string of the molecule is CCc1sc(-c2ccccc2)nc1CC(C)(C)C. The third kappa shape index (κ3) is 3.20. The summed E-state index contributed by atoms with van der Waals surface area (Å²) in [4.78, 5) is 6.29. The van der Waals surface area contributed by atoms with Crippen LogP contribution in [0.2, 0.25) is 0 Å². The van der Waals surface area contributed by atoms with Gasteiger partial charge in [0.05, 0.1) is 5.69 Å². The van der Waals surface area contributed by atoms with Crippen molar-refractivity contribution in [3.63, 3.8) is 0 Å². The summed E-state index contributed by atoms with van der Waals surface area (Å²) in [5.74, 6) is 0.